The lowest BCUT2D eigenvalue weighted by molar-refractivity contribution is 0.160. The van der Waals surface area contributed by atoms with Crippen molar-refractivity contribution < 1.29 is 5.11 Å². The molecule has 164 valence electrons. The molecule has 2 aromatic heterocycles. The molecular formula is C24H32N6O. The van der Waals surface area contributed by atoms with Crippen LogP contribution in [0, 0.1) is 0 Å². The molecular weight excluding hydrogens is 388 g/mol. The first-order valence-corrected chi connectivity index (χ1v) is 10.8. The van der Waals surface area contributed by atoms with E-state index >= 15 is 0 Å². The highest BCUT2D eigenvalue weighted by Crippen LogP contribution is 2.34. The van der Waals surface area contributed by atoms with E-state index in [-0.39, 0.29) is 11.1 Å². The SMILES string of the molecule is CN(c1ccc(C2=CC=C(c3cncnc3)CC2O)nn1)C1CC(C)(C)NC(C)(C)C1. The van der Waals surface area contributed by atoms with E-state index in [9.17, 15) is 5.11 Å². The van der Waals surface area contributed by atoms with Crippen LogP contribution in [0.2, 0.25) is 0 Å². The molecule has 2 aromatic rings. The monoisotopic (exact) mass is 420 g/mol. The van der Waals surface area contributed by atoms with Crippen molar-refractivity contribution in [3.63, 3.8) is 0 Å². The maximum atomic E-state index is 10.7. The Morgan fingerprint density at radius 1 is 1.00 bits per heavy atom. The van der Waals surface area contributed by atoms with Crippen molar-refractivity contribution in [3.8, 4) is 0 Å². The van der Waals surface area contributed by atoms with Crippen LogP contribution in [0.5, 0.6) is 0 Å². The highest BCUT2D eigenvalue weighted by atomic mass is 16.3. The van der Waals surface area contributed by atoms with E-state index in [0.29, 0.717) is 18.2 Å². The van der Waals surface area contributed by atoms with Gasteiger partial charge >= 0.3 is 0 Å². The van der Waals surface area contributed by atoms with Crippen molar-refractivity contribution >= 4 is 17.0 Å². The Labute approximate surface area is 184 Å². The molecule has 31 heavy (non-hydrogen) atoms. The van der Waals surface area contributed by atoms with E-state index in [4.69, 9.17) is 0 Å². The van der Waals surface area contributed by atoms with Crippen LogP contribution in [0.4, 0.5) is 5.82 Å². The molecule has 0 spiro atoms. The number of rotatable bonds is 4. The van der Waals surface area contributed by atoms with Gasteiger partial charge in [-0.3, -0.25) is 0 Å². The molecule has 0 saturated carbocycles. The maximum Gasteiger partial charge on any atom is 0.151 e. The lowest BCUT2D eigenvalue weighted by atomic mass is 9.79. The van der Waals surface area contributed by atoms with Crippen molar-refractivity contribution in [2.45, 2.75) is 70.2 Å². The predicted molar refractivity (Wildman–Crippen MR) is 123 cm³/mol. The topological polar surface area (TPSA) is 87.1 Å². The third-order valence-electron chi connectivity index (χ3n) is 6.19. The lowest BCUT2D eigenvalue weighted by Crippen LogP contribution is -2.62. The molecule has 0 amide bonds. The molecule has 7 nitrogen and oxygen atoms in total. The van der Waals surface area contributed by atoms with Crippen LogP contribution in [-0.4, -0.2) is 55.5 Å². The van der Waals surface area contributed by atoms with E-state index in [2.05, 4.69) is 65.1 Å². The molecule has 0 aromatic carbocycles. The third kappa shape index (κ3) is 4.83. The summed E-state index contributed by atoms with van der Waals surface area (Å²) >= 11 is 0. The molecule has 1 saturated heterocycles. The Morgan fingerprint density at radius 2 is 1.68 bits per heavy atom. The molecule has 1 aliphatic carbocycles. The minimum atomic E-state index is -0.635. The Hall–Kier alpha value is -2.64. The van der Waals surface area contributed by atoms with Crippen LogP contribution in [0.3, 0.4) is 0 Å². The fourth-order valence-corrected chi connectivity index (χ4v) is 5.02. The van der Waals surface area contributed by atoms with Gasteiger partial charge in [-0.2, -0.15) is 0 Å². The zero-order chi connectivity index (χ0) is 22.2. The van der Waals surface area contributed by atoms with Gasteiger partial charge in [-0.15, -0.1) is 10.2 Å². The second kappa shape index (κ2) is 8.13. The van der Waals surface area contributed by atoms with E-state index in [1.807, 2.05) is 24.3 Å². The number of piperidine rings is 1. The number of nitrogens with zero attached hydrogens (tertiary/aromatic N) is 5. The number of hydrogen-bond acceptors (Lipinski definition) is 7. The molecule has 7 heteroatoms. The first-order chi connectivity index (χ1) is 14.6. The average Bonchev–Trinajstić information content (AvgIpc) is 2.72. The average molecular weight is 421 g/mol. The largest absolute Gasteiger partial charge is 0.388 e. The van der Waals surface area contributed by atoms with Crippen LogP contribution >= 0.6 is 0 Å². The Kier molecular flexibility index (Phi) is 5.66. The zero-order valence-corrected chi connectivity index (χ0v) is 19.0. The molecule has 3 heterocycles. The first-order valence-electron chi connectivity index (χ1n) is 10.8. The van der Waals surface area contributed by atoms with E-state index in [1.165, 1.54) is 6.33 Å². The minimum absolute atomic E-state index is 0.0684. The number of aliphatic hydroxyl groups excluding tert-OH is 1. The van der Waals surface area contributed by atoms with Crippen LogP contribution in [0.25, 0.3) is 11.1 Å². The highest BCUT2D eigenvalue weighted by Gasteiger charge is 2.39. The van der Waals surface area contributed by atoms with Crippen molar-refractivity contribution in [1.82, 2.24) is 25.5 Å². The minimum Gasteiger partial charge on any atom is -0.388 e. The normalized spacial score (nSPS) is 23.1. The number of nitrogens with one attached hydrogen (secondary N) is 1. The number of aliphatic hydroxyl groups is 1. The van der Waals surface area contributed by atoms with Crippen LogP contribution in [0.1, 0.15) is 58.2 Å². The molecule has 2 N–H and O–H groups in total. The molecule has 1 fully saturated rings. The summed E-state index contributed by atoms with van der Waals surface area (Å²) in [5, 5.41) is 23.4. The summed E-state index contributed by atoms with van der Waals surface area (Å²) in [7, 11) is 2.09. The second-order valence-electron chi connectivity index (χ2n) is 10.0. The predicted octanol–water partition coefficient (Wildman–Crippen LogP) is 3.24. The molecule has 2 aliphatic rings. The molecule has 1 unspecified atom stereocenters. The third-order valence-corrected chi connectivity index (χ3v) is 6.19. The van der Waals surface area contributed by atoms with Gasteiger partial charge in [0.15, 0.2) is 5.82 Å². The number of allylic oxidation sites excluding steroid dienone is 2. The van der Waals surface area contributed by atoms with Crippen molar-refractivity contribution in [1.29, 1.82) is 0 Å². The molecule has 1 atom stereocenters. The van der Waals surface area contributed by atoms with E-state index in [1.54, 1.807) is 12.4 Å². The van der Waals surface area contributed by atoms with Gasteiger partial charge in [0.05, 0.1) is 11.8 Å². The van der Waals surface area contributed by atoms with E-state index < -0.39 is 6.10 Å². The zero-order valence-electron chi connectivity index (χ0n) is 19.0. The van der Waals surface area contributed by atoms with Gasteiger partial charge in [-0.05, 0) is 58.2 Å². The number of anilines is 1. The summed E-state index contributed by atoms with van der Waals surface area (Å²) in [5.74, 6) is 0.853. The second-order valence-corrected chi connectivity index (χ2v) is 10.0. The summed E-state index contributed by atoms with van der Waals surface area (Å²) in [6.07, 6.45) is 10.9. The van der Waals surface area contributed by atoms with Gasteiger partial charge in [0.2, 0.25) is 0 Å². The summed E-state index contributed by atoms with van der Waals surface area (Å²) in [6, 6.07) is 4.34. The molecule has 0 radical (unpaired) electrons. The van der Waals surface area contributed by atoms with Gasteiger partial charge in [0.25, 0.3) is 0 Å². The first kappa shape index (κ1) is 21.6. The van der Waals surface area contributed by atoms with Crippen LogP contribution in [-0.2, 0) is 0 Å². The number of aromatic nitrogens is 4. The summed E-state index contributed by atoms with van der Waals surface area (Å²) < 4.78 is 0. The Balaban J connectivity index is 1.52. The highest BCUT2D eigenvalue weighted by molar-refractivity contribution is 5.79. The molecule has 1 aliphatic heterocycles. The maximum absolute atomic E-state index is 10.7. The summed E-state index contributed by atoms with van der Waals surface area (Å²) in [6.45, 7) is 9.02. The summed E-state index contributed by atoms with van der Waals surface area (Å²) in [4.78, 5) is 10.4. The van der Waals surface area contributed by atoms with Crippen molar-refractivity contribution in [2.75, 3.05) is 11.9 Å². The van der Waals surface area contributed by atoms with Gasteiger partial charge in [0, 0.05) is 54.1 Å². The fourth-order valence-electron chi connectivity index (χ4n) is 5.02. The van der Waals surface area contributed by atoms with Gasteiger partial charge in [-0.1, -0.05) is 12.2 Å². The fraction of sp³-hybridized carbons (Fsp3) is 0.500. The molecule has 4 rings (SSSR count). The van der Waals surface area contributed by atoms with Crippen molar-refractivity contribution in [3.05, 3.63) is 54.3 Å². The Bertz CT molecular complexity index is 965. The summed E-state index contributed by atoms with van der Waals surface area (Å²) in [5.41, 5.74) is 3.56. The van der Waals surface area contributed by atoms with Gasteiger partial charge < -0.3 is 15.3 Å². The standard InChI is InChI=1S/C24H32N6O/c1-23(2)11-18(12-24(3,4)29-23)30(5)22-9-8-20(27-28-22)19-7-6-16(10-21(19)31)17-13-25-15-26-14-17/h6-9,13-15,18,21,29,31H,10-12H2,1-5H3. The van der Waals surface area contributed by atoms with Crippen LogP contribution < -0.4 is 10.2 Å². The quantitative estimate of drug-likeness (QED) is 0.785. The van der Waals surface area contributed by atoms with Crippen LogP contribution in [0.15, 0.2) is 43.0 Å². The Morgan fingerprint density at radius 3 is 2.26 bits per heavy atom. The molecule has 0 bridgehead atoms. The van der Waals surface area contributed by atoms with Gasteiger partial charge in [0.1, 0.15) is 6.33 Å². The van der Waals surface area contributed by atoms with Crippen molar-refractivity contribution in [2.24, 2.45) is 0 Å². The smallest absolute Gasteiger partial charge is 0.151 e. The number of hydrogen-bond donors (Lipinski definition) is 2. The van der Waals surface area contributed by atoms with Gasteiger partial charge in [-0.25, -0.2) is 9.97 Å². The lowest BCUT2D eigenvalue weighted by Gasteiger charge is -2.49. The van der Waals surface area contributed by atoms with E-state index in [0.717, 1.165) is 35.4 Å².